The standard InChI is InChI=1S/C15H21ClN4/c1-3-19-6-8-20(9-7-19)11(2)15-17-13-5-4-12(16)10-14(13)18-15/h4-5,10-11H,3,6-9H2,1-2H3,(H,17,18). The van der Waals surface area contributed by atoms with Crippen molar-refractivity contribution < 1.29 is 0 Å². The average molecular weight is 293 g/mol. The molecule has 108 valence electrons. The van der Waals surface area contributed by atoms with Crippen LogP contribution < -0.4 is 0 Å². The van der Waals surface area contributed by atoms with E-state index < -0.39 is 0 Å². The van der Waals surface area contributed by atoms with Gasteiger partial charge in [-0.1, -0.05) is 18.5 Å². The number of nitrogens with zero attached hydrogens (tertiary/aromatic N) is 3. The van der Waals surface area contributed by atoms with Crippen molar-refractivity contribution >= 4 is 22.6 Å². The summed E-state index contributed by atoms with van der Waals surface area (Å²) in [4.78, 5) is 13.1. The van der Waals surface area contributed by atoms with Crippen LogP contribution in [0.15, 0.2) is 18.2 Å². The highest BCUT2D eigenvalue weighted by molar-refractivity contribution is 6.31. The monoisotopic (exact) mass is 292 g/mol. The van der Waals surface area contributed by atoms with Gasteiger partial charge in [0.1, 0.15) is 5.82 Å². The number of likely N-dealkylation sites (N-methyl/N-ethyl adjacent to an activating group) is 1. The zero-order valence-electron chi connectivity index (χ0n) is 12.1. The van der Waals surface area contributed by atoms with Crippen molar-refractivity contribution in [3.63, 3.8) is 0 Å². The molecular weight excluding hydrogens is 272 g/mol. The molecule has 0 saturated carbocycles. The van der Waals surface area contributed by atoms with E-state index >= 15 is 0 Å². The molecule has 1 aromatic heterocycles. The zero-order valence-corrected chi connectivity index (χ0v) is 12.8. The van der Waals surface area contributed by atoms with Gasteiger partial charge < -0.3 is 9.88 Å². The fourth-order valence-electron chi connectivity index (χ4n) is 2.84. The largest absolute Gasteiger partial charge is 0.341 e. The summed E-state index contributed by atoms with van der Waals surface area (Å²) in [6, 6.07) is 6.12. The molecule has 1 N–H and O–H groups in total. The maximum Gasteiger partial charge on any atom is 0.124 e. The second kappa shape index (κ2) is 5.72. The van der Waals surface area contributed by atoms with Crippen molar-refractivity contribution in [2.45, 2.75) is 19.9 Å². The van der Waals surface area contributed by atoms with Gasteiger partial charge in [-0.3, -0.25) is 4.90 Å². The number of aromatic amines is 1. The lowest BCUT2D eigenvalue weighted by atomic mass is 10.2. The fourth-order valence-corrected chi connectivity index (χ4v) is 3.01. The average Bonchev–Trinajstić information content (AvgIpc) is 2.89. The van der Waals surface area contributed by atoms with Crippen molar-refractivity contribution in [3.05, 3.63) is 29.0 Å². The number of H-pyrrole nitrogens is 1. The highest BCUT2D eigenvalue weighted by Crippen LogP contribution is 2.23. The Morgan fingerprint density at radius 3 is 2.75 bits per heavy atom. The van der Waals surface area contributed by atoms with E-state index in [1.807, 2.05) is 18.2 Å². The second-order valence-electron chi connectivity index (χ2n) is 5.43. The molecular formula is C15H21ClN4. The van der Waals surface area contributed by atoms with Crippen molar-refractivity contribution in [2.75, 3.05) is 32.7 Å². The predicted octanol–water partition coefficient (Wildman–Crippen LogP) is 2.91. The molecule has 1 fully saturated rings. The second-order valence-corrected chi connectivity index (χ2v) is 5.87. The van der Waals surface area contributed by atoms with E-state index in [-0.39, 0.29) is 0 Å². The lowest BCUT2D eigenvalue weighted by molar-refractivity contribution is 0.103. The van der Waals surface area contributed by atoms with E-state index in [1.54, 1.807) is 0 Å². The quantitative estimate of drug-likeness (QED) is 0.945. The molecule has 1 saturated heterocycles. The summed E-state index contributed by atoms with van der Waals surface area (Å²) in [6.45, 7) is 10.1. The molecule has 1 aromatic carbocycles. The third-order valence-electron chi connectivity index (χ3n) is 4.26. The summed E-state index contributed by atoms with van der Waals surface area (Å²) in [6.07, 6.45) is 0. The van der Waals surface area contributed by atoms with E-state index in [0.29, 0.717) is 6.04 Å². The normalized spacial score (nSPS) is 19.6. The molecule has 0 bridgehead atoms. The van der Waals surface area contributed by atoms with Crippen LogP contribution in [0.5, 0.6) is 0 Å². The molecule has 0 amide bonds. The minimum absolute atomic E-state index is 0.320. The maximum atomic E-state index is 6.02. The van der Waals surface area contributed by atoms with Gasteiger partial charge >= 0.3 is 0 Å². The minimum atomic E-state index is 0.320. The first-order valence-electron chi connectivity index (χ1n) is 7.29. The van der Waals surface area contributed by atoms with Gasteiger partial charge in [0.15, 0.2) is 0 Å². The molecule has 1 aliphatic rings. The topological polar surface area (TPSA) is 35.2 Å². The molecule has 1 aliphatic heterocycles. The molecule has 5 heteroatoms. The number of aromatic nitrogens is 2. The Morgan fingerprint density at radius 1 is 1.30 bits per heavy atom. The molecule has 0 radical (unpaired) electrons. The molecule has 1 atom stereocenters. The SMILES string of the molecule is CCN1CCN(C(C)c2nc3ccc(Cl)cc3[nH]2)CC1. The van der Waals surface area contributed by atoms with Crippen LogP contribution in [-0.2, 0) is 0 Å². The third-order valence-corrected chi connectivity index (χ3v) is 4.49. The number of halogens is 1. The molecule has 0 aliphatic carbocycles. The predicted molar refractivity (Wildman–Crippen MR) is 83.2 cm³/mol. The van der Waals surface area contributed by atoms with Crippen LogP contribution in [0.4, 0.5) is 0 Å². The summed E-state index contributed by atoms with van der Waals surface area (Å²) in [5.41, 5.74) is 2.01. The number of hydrogen-bond acceptors (Lipinski definition) is 3. The number of rotatable bonds is 3. The van der Waals surface area contributed by atoms with Gasteiger partial charge in [-0.15, -0.1) is 0 Å². The maximum absolute atomic E-state index is 6.02. The van der Waals surface area contributed by atoms with Crippen LogP contribution in [0, 0.1) is 0 Å². The Morgan fingerprint density at radius 2 is 2.05 bits per heavy atom. The number of piperazine rings is 1. The van der Waals surface area contributed by atoms with Crippen molar-refractivity contribution in [1.82, 2.24) is 19.8 Å². The van der Waals surface area contributed by atoms with Crippen molar-refractivity contribution in [1.29, 1.82) is 0 Å². The summed E-state index contributed by atoms with van der Waals surface area (Å²) in [5, 5.41) is 0.747. The van der Waals surface area contributed by atoms with Crippen LogP contribution >= 0.6 is 11.6 Å². The van der Waals surface area contributed by atoms with Crippen molar-refractivity contribution in [2.24, 2.45) is 0 Å². The lowest BCUT2D eigenvalue weighted by Gasteiger charge is -2.36. The Labute approximate surface area is 124 Å². The van der Waals surface area contributed by atoms with Crippen LogP contribution in [0.2, 0.25) is 5.02 Å². The molecule has 20 heavy (non-hydrogen) atoms. The van der Waals surface area contributed by atoms with Gasteiger partial charge in [-0.2, -0.15) is 0 Å². The van der Waals surface area contributed by atoms with E-state index in [9.17, 15) is 0 Å². The van der Waals surface area contributed by atoms with Gasteiger partial charge in [0, 0.05) is 31.2 Å². The summed E-state index contributed by atoms with van der Waals surface area (Å²) in [5.74, 6) is 1.03. The number of nitrogens with one attached hydrogen (secondary N) is 1. The summed E-state index contributed by atoms with van der Waals surface area (Å²) < 4.78 is 0. The van der Waals surface area contributed by atoms with Crippen LogP contribution in [0.3, 0.4) is 0 Å². The minimum Gasteiger partial charge on any atom is -0.341 e. The molecule has 0 spiro atoms. The Hall–Kier alpha value is -1.10. The highest BCUT2D eigenvalue weighted by atomic mass is 35.5. The van der Waals surface area contributed by atoms with Gasteiger partial charge in [0.05, 0.1) is 17.1 Å². The lowest BCUT2D eigenvalue weighted by Crippen LogP contribution is -2.47. The van der Waals surface area contributed by atoms with Crippen LogP contribution in [0.1, 0.15) is 25.7 Å². The highest BCUT2D eigenvalue weighted by Gasteiger charge is 2.23. The van der Waals surface area contributed by atoms with Gasteiger partial charge in [-0.25, -0.2) is 4.98 Å². The first-order chi connectivity index (χ1) is 9.67. The first-order valence-corrected chi connectivity index (χ1v) is 7.66. The zero-order chi connectivity index (χ0) is 14.1. The van der Waals surface area contributed by atoms with E-state index in [1.165, 1.54) is 0 Å². The van der Waals surface area contributed by atoms with Crippen LogP contribution in [0.25, 0.3) is 11.0 Å². The molecule has 2 heterocycles. The number of fused-ring (bicyclic) bond motifs is 1. The summed E-state index contributed by atoms with van der Waals surface area (Å²) >= 11 is 6.02. The smallest absolute Gasteiger partial charge is 0.124 e. The van der Waals surface area contributed by atoms with Gasteiger partial charge in [0.2, 0.25) is 0 Å². The van der Waals surface area contributed by atoms with Gasteiger partial charge in [0.25, 0.3) is 0 Å². The molecule has 4 nitrogen and oxygen atoms in total. The molecule has 2 aromatic rings. The Balaban J connectivity index is 1.77. The molecule has 1 unspecified atom stereocenters. The Kier molecular flexibility index (Phi) is 3.96. The third kappa shape index (κ3) is 2.68. The van der Waals surface area contributed by atoms with Gasteiger partial charge in [-0.05, 0) is 31.7 Å². The fraction of sp³-hybridized carbons (Fsp3) is 0.533. The van der Waals surface area contributed by atoms with E-state index in [2.05, 4.69) is 28.6 Å². The van der Waals surface area contributed by atoms with E-state index in [0.717, 1.165) is 54.6 Å². The van der Waals surface area contributed by atoms with E-state index in [4.69, 9.17) is 16.6 Å². The number of hydrogen-bond donors (Lipinski definition) is 1. The van der Waals surface area contributed by atoms with Crippen LogP contribution in [-0.4, -0.2) is 52.5 Å². The first kappa shape index (κ1) is 13.9. The summed E-state index contributed by atoms with van der Waals surface area (Å²) in [7, 11) is 0. The number of imidazole rings is 1. The Bertz CT molecular complexity index is 587. The molecule has 3 rings (SSSR count). The number of benzene rings is 1. The van der Waals surface area contributed by atoms with Crippen molar-refractivity contribution in [3.8, 4) is 0 Å².